The number of carbonyl (C=O) groups is 1. The highest BCUT2D eigenvalue weighted by Gasteiger charge is 2.37. The lowest BCUT2D eigenvalue weighted by molar-refractivity contribution is -0.132. The Morgan fingerprint density at radius 2 is 2.20 bits per heavy atom. The zero-order chi connectivity index (χ0) is 13.3. The molecular formula is C14H22ClN3O2. The molecule has 0 aromatic carbocycles. The average molecular weight is 300 g/mol. The SMILES string of the molecule is Cc1cc(CC(=O)N2CCC3(CCNC3)CC2)no1.Cl. The molecule has 1 spiro atoms. The Bertz CT molecular complexity index is 459. The Balaban J connectivity index is 0.00000147. The van der Waals surface area contributed by atoms with Crippen molar-refractivity contribution in [3.05, 3.63) is 17.5 Å². The van der Waals surface area contributed by atoms with Crippen molar-refractivity contribution in [3.63, 3.8) is 0 Å². The second-order valence-corrected chi connectivity index (χ2v) is 5.91. The van der Waals surface area contributed by atoms with Gasteiger partial charge in [-0.3, -0.25) is 4.79 Å². The molecule has 3 rings (SSSR count). The van der Waals surface area contributed by atoms with Crippen LogP contribution in [0.4, 0.5) is 0 Å². The van der Waals surface area contributed by atoms with Crippen molar-refractivity contribution in [1.29, 1.82) is 0 Å². The number of aryl methyl sites for hydroxylation is 1. The number of nitrogens with one attached hydrogen (secondary N) is 1. The largest absolute Gasteiger partial charge is 0.361 e. The summed E-state index contributed by atoms with van der Waals surface area (Å²) in [5.41, 5.74) is 1.20. The third-order valence-corrected chi connectivity index (χ3v) is 4.52. The van der Waals surface area contributed by atoms with Crippen LogP contribution in [0.3, 0.4) is 0 Å². The van der Waals surface area contributed by atoms with E-state index in [1.54, 1.807) is 0 Å². The Hall–Kier alpha value is -1.07. The number of amides is 1. The van der Waals surface area contributed by atoms with Gasteiger partial charge in [-0.05, 0) is 38.1 Å². The van der Waals surface area contributed by atoms with Gasteiger partial charge in [0.15, 0.2) is 0 Å². The highest BCUT2D eigenvalue weighted by atomic mass is 35.5. The summed E-state index contributed by atoms with van der Waals surface area (Å²) in [6.45, 7) is 5.87. The molecule has 2 saturated heterocycles. The maximum Gasteiger partial charge on any atom is 0.228 e. The van der Waals surface area contributed by atoms with Crippen molar-refractivity contribution in [2.24, 2.45) is 5.41 Å². The second kappa shape index (κ2) is 6.14. The normalized spacial score (nSPS) is 20.9. The van der Waals surface area contributed by atoms with Gasteiger partial charge in [-0.25, -0.2) is 0 Å². The first kappa shape index (κ1) is 15.3. The van der Waals surface area contributed by atoms with Gasteiger partial charge >= 0.3 is 0 Å². The average Bonchev–Trinajstić information content (AvgIpc) is 3.00. The lowest BCUT2D eigenvalue weighted by Gasteiger charge is -2.38. The van der Waals surface area contributed by atoms with E-state index in [9.17, 15) is 4.79 Å². The van der Waals surface area contributed by atoms with Gasteiger partial charge in [0.1, 0.15) is 5.76 Å². The van der Waals surface area contributed by atoms with Crippen LogP contribution in [-0.2, 0) is 11.2 Å². The molecule has 2 aliphatic rings. The van der Waals surface area contributed by atoms with Gasteiger partial charge in [0.05, 0.1) is 12.1 Å². The molecule has 1 aromatic heterocycles. The van der Waals surface area contributed by atoms with Gasteiger partial charge in [-0.2, -0.15) is 0 Å². The van der Waals surface area contributed by atoms with Crippen LogP contribution >= 0.6 is 12.4 Å². The number of hydrogen-bond acceptors (Lipinski definition) is 4. The first-order chi connectivity index (χ1) is 9.17. The molecule has 6 heteroatoms. The van der Waals surface area contributed by atoms with Crippen LogP contribution in [0.1, 0.15) is 30.7 Å². The third kappa shape index (κ3) is 3.15. The van der Waals surface area contributed by atoms with Gasteiger partial charge in [-0.15, -0.1) is 12.4 Å². The molecule has 0 atom stereocenters. The van der Waals surface area contributed by atoms with Crippen LogP contribution in [-0.4, -0.2) is 42.1 Å². The zero-order valence-corrected chi connectivity index (χ0v) is 12.7. The van der Waals surface area contributed by atoms with Gasteiger partial charge in [0.25, 0.3) is 0 Å². The summed E-state index contributed by atoms with van der Waals surface area (Å²) < 4.78 is 5.00. The Morgan fingerprint density at radius 1 is 1.45 bits per heavy atom. The molecular weight excluding hydrogens is 278 g/mol. The molecule has 112 valence electrons. The van der Waals surface area contributed by atoms with Crippen molar-refractivity contribution in [2.45, 2.75) is 32.6 Å². The van der Waals surface area contributed by atoms with Crippen LogP contribution < -0.4 is 5.32 Å². The Kier molecular flexibility index (Phi) is 4.70. The van der Waals surface area contributed by atoms with E-state index in [0.29, 0.717) is 11.8 Å². The van der Waals surface area contributed by atoms with E-state index >= 15 is 0 Å². The number of nitrogens with zero attached hydrogens (tertiary/aromatic N) is 2. The molecule has 2 fully saturated rings. The minimum atomic E-state index is 0. The number of rotatable bonds is 2. The molecule has 1 aromatic rings. The molecule has 0 radical (unpaired) electrons. The summed E-state index contributed by atoms with van der Waals surface area (Å²) in [5, 5.41) is 7.33. The second-order valence-electron chi connectivity index (χ2n) is 5.91. The number of likely N-dealkylation sites (tertiary alicyclic amines) is 1. The maximum atomic E-state index is 12.2. The number of piperidine rings is 1. The molecule has 0 aliphatic carbocycles. The minimum Gasteiger partial charge on any atom is -0.361 e. The standard InChI is InChI=1S/C14H21N3O2.ClH/c1-11-8-12(16-19-11)9-13(18)17-6-3-14(4-7-17)2-5-15-10-14;/h8,15H,2-7,9-10H2,1H3;1H. The quantitative estimate of drug-likeness (QED) is 0.900. The van der Waals surface area contributed by atoms with E-state index in [1.807, 2.05) is 17.9 Å². The van der Waals surface area contributed by atoms with Crippen molar-refractivity contribution < 1.29 is 9.32 Å². The van der Waals surface area contributed by atoms with Crippen LogP contribution in [0.25, 0.3) is 0 Å². The fourth-order valence-electron chi connectivity index (χ4n) is 3.22. The van der Waals surface area contributed by atoms with Gasteiger partial charge in [0.2, 0.25) is 5.91 Å². The van der Waals surface area contributed by atoms with Crippen LogP contribution in [0.5, 0.6) is 0 Å². The third-order valence-electron chi connectivity index (χ3n) is 4.52. The first-order valence-electron chi connectivity index (χ1n) is 7.08. The van der Waals surface area contributed by atoms with Crippen molar-refractivity contribution in [2.75, 3.05) is 26.2 Å². The summed E-state index contributed by atoms with van der Waals surface area (Å²) in [4.78, 5) is 14.2. The highest BCUT2D eigenvalue weighted by molar-refractivity contribution is 5.85. The molecule has 0 saturated carbocycles. The molecule has 20 heavy (non-hydrogen) atoms. The van der Waals surface area contributed by atoms with E-state index in [2.05, 4.69) is 10.5 Å². The number of halogens is 1. The Labute approximate surface area is 125 Å². The van der Waals surface area contributed by atoms with Crippen molar-refractivity contribution >= 4 is 18.3 Å². The van der Waals surface area contributed by atoms with Crippen molar-refractivity contribution in [1.82, 2.24) is 15.4 Å². The maximum absolute atomic E-state index is 12.2. The fraction of sp³-hybridized carbons (Fsp3) is 0.714. The predicted molar refractivity (Wildman–Crippen MR) is 77.9 cm³/mol. The summed E-state index contributed by atoms with van der Waals surface area (Å²) >= 11 is 0. The van der Waals surface area contributed by atoms with Gasteiger partial charge < -0.3 is 14.7 Å². The Morgan fingerprint density at radius 3 is 2.75 bits per heavy atom. The van der Waals surface area contributed by atoms with E-state index < -0.39 is 0 Å². The molecule has 0 unspecified atom stereocenters. The first-order valence-corrected chi connectivity index (χ1v) is 7.08. The number of carbonyl (C=O) groups excluding carboxylic acids is 1. The van der Waals surface area contributed by atoms with Crippen LogP contribution in [0, 0.1) is 12.3 Å². The highest BCUT2D eigenvalue weighted by Crippen LogP contribution is 2.36. The topological polar surface area (TPSA) is 58.4 Å². The van der Waals surface area contributed by atoms with Crippen molar-refractivity contribution in [3.8, 4) is 0 Å². The molecule has 1 amide bonds. The summed E-state index contributed by atoms with van der Waals surface area (Å²) in [5.74, 6) is 0.937. The molecule has 1 N–H and O–H groups in total. The summed E-state index contributed by atoms with van der Waals surface area (Å²) in [6, 6.07) is 1.84. The fourth-order valence-corrected chi connectivity index (χ4v) is 3.22. The summed E-state index contributed by atoms with van der Waals surface area (Å²) in [7, 11) is 0. The van der Waals surface area contributed by atoms with E-state index in [4.69, 9.17) is 4.52 Å². The predicted octanol–water partition coefficient (Wildman–Crippen LogP) is 1.55. The molecule has 3 heterocycles. The molecule has 0 bridgehead atoms. The van der Waals surface area contributed by atoms with E-state index in [0.717, 1.165) is 50.5 Å². The smallest absolute Gasteiger partial charge is 0.228 e. The molecule has 5 nitrogen and oxygen atoms in total. The number of aromatic nitrogens is 1. The lowest BCUT2D eigenvalue weighted by atomic mass is 9.78. The zero-order valence-electron chi connectivity index (χ0n) is 11.9. The monoisotopic (exact) mass is 299 g/mol. The van der Waals surface area contributed by atoms with Crippen LogP contribution in [0.15, 0.2) is 10.6 Å². The van der Waals surface area contributed by atoms with E-state index in [1.165, 1.54) is 6.42 Å². The van der Waals surface area contributed by atoms with Gasteiger partial charge in [-0.1, -0.05) is 5.16 Å². The lowest BCUT2D eigenvalue weighted by Crippen LogP contribution is -2.44. The molecule has 2 aliphatic heterocycles. The number of hydrogen-bond donors (Lipinski definition) is 1. The van der Waals surface area contributed by atoms with Gasteiger partial charge in [0, 0.05) is 25.7 Å². The summed E-state index contributed by atoms with van der Waals surface area (Å²) in [6.07, 6.45) is 3.88. The minimum absolute atomic E-state index is 0. The van der Waals surface area contributed by atoms with E-state index in [-0.39, 0.29) is 18.3 Å². The van der Waals surface area contributed by atoms with Crippen LogP contribution in [0.2, 0.25) is 0 Å².